The maximum absolute atomic E-state index is 6.11. The molecule has 0 aliphatic carbocycles. The number of hydrogen-bond acceptors (Lipinski definition) is 7. The Bertz CT molecular complexity index is 774. The van der Waals surface area contributed by atoms with E-state index < -0.39 is 0 Å². The Kier molecular flexibility index (Phi) is 3.78. The number of aryl methyl sites for hydroxylation is 1. The lowest BCUT2D eigenvalue weighted by molar-refractivity contribution is 1.14. The van der Waals surface area contributed by atoms with Crippen LogP contribution in [0.3, 0.4) is 0 Å². The van der Waals surface area contributed by atoms with E-state index in [1.54, 1.807) is 6.20 Å². The van der Waals surface area contributed by atoms with Crippen molar-refractivity contribution in [2.75, 3.05) is 16.4 Å². The van der Waals surface area contributed by atoms with Gasteiger partial charge in [0, 0.05) is 11.9 Å². The smallest absolute Gasteiger partial charge is 0.160 e. The predicted molar refractivity (Wildman–Crippen MR) is 86.2 cm³/mol. The summed E-state index contributed by atoms with van der Waals surface area (Å²) in [4.78, 5) is 16.8. The number of nitrogen functional groups attached to an aromatic ring is 1. The molecule has 3 heterocycles. The van der Waals surface area contributed by atoms with Gasteiger partial charge in [0.2, 0.25) is 0 Å². The molecule has 0 fully saturated rings. The van der Waals surface area contributed by atoms with Gasteiger partial charge >= 0.3 is 0 Å². The van der Waals surface area contributed by atoms with E-state index in [0.29, 0.717) is 29.0 Å². The van der Waals surface area contributed by atoms with Crippen molar-refractivity contribution < 1.29 is 0 Å². The molecule has 0 saturated carbocycles. The van der Waals surface area contributed by atoms with E-state index in [-0.39, 0.29) is 0 Å². The maximum Gasteiger partial charge on any atom is 0.160 e. The predicted octanol–water partition coefficient (Wildman–Crippen LogP) is 2.64. The number of hydrogen-bond donors (Lipinski definition) is 3. The third-order valence-electron chi connectivity index (χ3n) is 2.93. The molecule has 0 aromatic carbocycles. The van der Waals surface area contributed by atoms with Gasteiger partial charge in [-0.3, -0.25) is 0 Å². The molecule has 0 unspecified atom stereocenters. The van der Waals surface area contributed by atoms with E-state index in [1.807, 2.05) is 43.3 Å². The first-order chi connectivity index (χ1) is 10.7. The second kappa shape index (κ2) is 6.04. The highest BCUT2D eigenvalue weighted by atomic mass is 15.1. The lowest BCUT2D eigenvalue weighted by atomic mass is 10.3. The van der Waals surface area contributed by atoms with Crippen molar-refractivity contribution >= 4 is 29.0 Å². The second-order valence-electron chi connectivity index (χ2n) is 4.61. The Morgan fingerprint density at radius 2 is 1.59 bits per heavy atom. The van der Waals surface area contributed by atoms with E-state index in [4.69, 9.17) is 5.73 Å². The van der Waals surface area contributed by atoms with Crippen LogP contribution >= 0.6 is 0 Å². The van der Waals surface area contributed by atoms with Gasteiger partial charge < -0.3 is 16.4 Å². The van der Waals surface area contributed by atoms with Crippen molar-refractivity contribution in [3.8, 4) is 0 Å². The molecule has 0 aliphatic heterocycles. The van der Waals surface area contributed by atoms with Crippen molar-refractivity contribution in [1.29, 1.82) is 0 Å². The van der Waals surface area contributed by atoms with E-state index >= 15 is 0 Å². The molecular weight excluding hydrogens is 278 g/mol. The SMILES string of the molecule is Cc1cccc(Nc2ncnc(Nc3ccccn3)c2N)n1. The minimum Gasteiger partial charge on any atom is -0.393 e. The average Bonchev–Trinajstić information content (AvgIpc) is 2.52. The molecule has 3 aromatic heterocycles. The molecule has 0 bridgehead atoms. The van der Waals surface area contributed by atoms with E-state index in [9.17, 15) is 0 Å². The van der Waals surface area contributed by atoms with Gasteiger partial charge in [0.1, 0.15) is 23.7 Å². The van der Waals surface area contributed by atoms with Gasteiger partial charge in [-0.15, -0.1) is 0 Å². The minimum absolute atomic E-state index is 0.399. The van der Waals surface area contributed by atoms with Crippen molar-refractivity contribution in [3.63, 3.8) is 0 Å². The zero-order valence-electron chi connectivity index (χ0n) is 12.0. The Morgan fingerprint density at radius 1 is 0.864 bits per heavy atom. The van der Waals surface area contributed by atoms with Crippen LogP contribution in [0.15, 0.2) is 48.9 Å². The highest BCUT2D eigenvalue weighted by molar-refractivity contribution is 5.79. The first-order valence-corrected chi connectivity index (χ1v) is 6.71. The third-order valence-corrected chi connectivity index (χ3v) is 2.93. The number of nitrogens with one attached hydrogen (secondary N) is 2. The van der Waals surface area contributed by atoms with Gasteiger partial charge in [-0.2, -0.15) is 0 Å². The van der Waals surface area contributed by atoms with Gasteiger partial charge in [0.05, 0.1) is 0 Å². The van der Waals surface area contributed by atoms with Gasteiger partial charge in [-0.05, 0) is 31.2 Å². The molecule has 4 N–H and O–H groups in total. The summed E-state index contributed by atoms with van der Waals surface area (Å²) in [5, 5.41) is 6.15. The van der Waals surface area contributed by atoms with Gasteiger partial charge in [0.15, 0.2) is 11.6 Å². The normalized spacial score (nSPS) is 10.2. The van der Waals surface area contributed by atoms with Crippen LogP contribution < -0.4 is 16.4 Å². The average molecular weight is 293 g/mol. The molecule has 0 spiro atoms. The summed E-state index contributed by atoms with van der Waals surface area (Å²) >= 11 is 0. The van der Waals surface area contributed by atoms with E-state index in [0.717, 1.165) is 5.69 Å². The Morgan fingerprint density at radius 3 is 2.27 bits per heavy atom. The summed E-state index contributed by atoms with van der Waals surface area (Å²) in [5.74, 6) is 2.32. The monoisotopic (exact) mass is 293 g/mol. The molecule has 3 rings (SSSR count). The molecule has 0 amide bonds. The standard InChI is InChI=1S/C15H15N7/c1-10-5-4-7-12(20-10)22-15-13(16)14(18-9-19-15)21-11-6-2-3-8-17-11/h2-9H,16H2,1H3,(H2,17,18,19,20,21,22). The van der Waals surface area contributed by atoms with Crippen molar-refractivity contribution in [2.24, 2.45) is 0 Å². The first kappa shape index (κ1) is 13.7. The summed E-state index contributed by atoms with van der Waals surface area (Å²) in [6.45, 7) is 1.92. The van der Waals surface area contributed by atoms with Crippen LogP contribution in [0.25, 0.3) is 0 Å². The molecule has 7 nitrogen and oxygen atoms in total. The fourth-order valence-corrected chi connectivity index (χ4v) is 1.89. The van der Waals surface area contributed by atoms with Gasteiger partial charge in [-0.25, -0.2) is 19.9 Å². The van der Waals surface area contributed by atoms with Crippen LogP contribution in [0.1, 0.15) is 5.69 Å². The summed E-state index contributed by atoms with van der Waals surface area (Å²) < 4.78 is 0. The molecular formula is C15H15N7. The maximum atomic E-state index is 6.11. The zero-order valence-corrected chi connectivity index (χ0v) is 12.0. The van der Waals surface area contributed by atoms with Crippen molar-refractivity contribution in [1.82, 2.24) is 19.9 Å². The Hall–Kier alpha value is -3.22. The molecule has 22 heavy (non-hydrogen) atoms. The summed E-state index contributed by atoms with van der Waals surface area (Å²) in [6, 6.07) is 11.2. The lowest BCUT2D eigenvalue weighted by Gasteiger charge is -2.11. The van der Waals surface area contributed by atoms with Crippen molar-refractivity contribution in [3.05, 3.63) is 54.6 Å². The highest BCUT2D eigenvalue weighted by Gasteiger charge is 2.09. The first-order valence-electron chi connectivity index (χ1n) is 6.71. The fraction of sp³-hybridized carbons (Fsp3) is 0.0667. The highest BCUT2D eigenvalue weighted by Crippen LogP contribution is 2.26. The Labute approximate surface area is 127 Å². The largest absolute Gasteiger partial charge is 0.393 e. The molecule has 7 heteroatoms. The number of pyridine rings is 2. The second-order valence-corrected chi connectivity index (χ2v) is 4.61. The summed E-state index contributed by atoms with van der Waals surface area (Å²) in [5.41, 5.74) is 7.42. The number of anilines is 5. The fourth-order valence-electron chi connectivity index (χ4n) is 1.89. The van der Waals surface area contributed by atoms with Crippen LogP contribution in [0.2, 0.25) is 0 Å². The van der Waals surface area contributed by atoms with Gasteiger partial charge in [-0.1, -0.05) is 12.1 Å². The minimum atomic E-state index is 0.399. The van der Waals surface area contributed by atoms with Crippen LogP contribution in [0, 0.1) is 6.92 Å². The molecule has 0 atom stereocenters. The van der Waals surface area contributed by atoms with E-state index in [2.05, 4.69) is 30.6 Å². The van der Waals surface area contributed by atoms with Crippen LogP contribution in [-0.4, -0.2) is 19.9 Å². The quantitative estimate of drug-likeness (QED) is 0.679. The molecule has 0 aliphatic rings. The van der Waals surface area contributed by atoms with Gasteiger partial charge in [0.25, 0.3) is 0 Å². The number of rotatable bonds is 4. The number of nitrogens with zero attached hydrogens (tertiary/aromatic N) is 4. The molecule has 0 radical (unpaired) electrons. The molecule has 110 valence electrons. The summed E-state index contributed by atoms with van der Waals surface area (Å²) in [6.07, 6.45) is 3.12. The number of aromatic nitrogens is 4. The van der Waals surface area contributed by atoms with Crippen LogP contribution in [0.4, 0.5) is 29.0 Å². The van der Waals surface area contributed by atoms with Crippen LogP contribution in [-0.2, 0) is 0 Å². The van der Waals surface area contributed by atoms with Crippen molar-refractivity contribution in [2.45, 2.75) is 6.92 Å². The molecule has 3 aromatic rings. The summed E-state index contributed by atoms with van der Waals surface area (Å²) in [7, 11) is 0. The lowest BCUT2D eigenvalue weighted by Crippen LogP contribution is -2.06. The zero-order chi connectivity index (χ0) is 15.4. The Balaban J connectivity index is 1.86. The number of nitrogens with two attached hydrogens (primary N) is 1. The molecule has 0 saturated heterocycles. The van der Waals surface area contributed by atoms with Crippen LogP contribution in [0.5, 0.6) is 0 Å². The van der Waals surface area contributed by atoms with E-state index in [1.165, 1.54) is 6.33 Å². The topological polar surface area (TPSA) is 102 Å². The third kappa shape index (κ3) is 3.09.